The Bertz CT molecular complexity index is 1810. The van der Waals surface area contributed by atoms with Gasteiger partial charge in [-0.3, -0.25) is 29.5 Å². The van der Waals surface area contributed by atoms with E-state index in [0.29, 0.717) is 28.3 Å². The summed E-state index contributed by atoms with van der Waals surface area (Å²) in [6, 6.07) is 21.3. The van der Waals surface area contributed by atoms with E-state index in [1.165, 1.54) is 11.0 Å². The van der Waals surface area contributed by atoms with Crippen molar-refractivity contribution in [3.63, 3.8) is 0 Å². The lowest BCUT2D eigenvalue weighted by Gasteiger charge is -2.50. The van der Waals surface area contributed by atoms with Gasteiger partial charge < -0.3 is 5.11 Å². The highest BCUT2D eigenvalue weighted by atomic mass is 35.5. The molecule has 8 nitrogen and oxygen atoms in total. The quantitative estimate of drug-likeness (QED) is 0.263. The number of imide groups is 2. The maximum atomic E-state index is 15.1. The number of phenols is 1. The molecule has 0 bridgehead atoms. The van der Waals surface area contributed by atoms with E-state index >= 15 is 4.79 Å². The molecule has 1 saturated carbocycles. The fourth-order valence-corrected chi connectivity index (χ4v) is 8.69. The van der Waals surface area contributed by atoms with Gasteiger partial charge in [-0.15, -0.1) is 0 Å². The lowest BCUT2D eigenvalue weighted by Crippen LogP contribution is -2.53. The summed E-state index contributed by atoms with van der Waals surface area (Å²) in [5.41, 5.74) is 4.30. The fourth-order valence-electron chi connectivity index (χ4n) is 8.51. The molecule has 2 aliphatic heterocycles. The van der Waals surface area contributed by atoms with Crippen LogP contribution in [0, 0.1) is 30.6 Å². The number of nitrogens with one attached hydrogen (secondary N) is 1. The SMILES string of the molecule is Cc1ccc(NN2C(=O)C3CC4C(=CCC5C(=O)N(C(C)(C)C)C(=O)C54)C(c4cc(Cl)ccc4O)C3(c3ccccc3)C2=O)cc1. The van der Waals surface area contributed by atoms with Crippen molar-refractivity contribution in [2.45, 2.75) is 57.4 Å². The Balaban J connectivity index is 1.46. The summed E-state index contributed by atoms with van der Waals surface area (Å²) in [6.07, 6.45) is 2.48. The number of hydrogen-bond donors (Lipinski definition) is 2. The van der Waals surface area contributed by atoms with Gasteiger partial charge in [-0.05, 0) is 82.3 Å². The number of anilines is 1. The number of hydrogen-bond acceptors (Lipinski definition) is 6. The molecule has 4 amide bonds. The maximum Gasteiger partial charge on any atom is 0.260 e. The minimum atomic E-state index is -1.47. The number of amides is 4. The first-order valence-corrected chi connectivity index (χ1v) is 16.1. The van der Waals surface area contributed by atoms with Gasteiger partial charge in [-0.2, -0.15) is 5.01 Å². The topological polar surface area (TPSA) is 107 Å². The number of phenolic OH excluding ortho intramolecular Hbond substituents is 1. The number of aromatic hydroxyl groups is 1. The molecule has 2 aliphatic carbocycles. The molecule has 2 N–H and O–H groups in total. The number of rotatable bonds is 4. The first-order valence-electron chi connectivity index (χ1n) is 15.7. The minimum absolute atomic E-state index is 0.0672. The number of allylic oxidation sites excluding steroid dienone is 2. The van der Waals surface area contributed by atoms with Gasteiger partial charge in [0.2, 0.25) is 11.8 Å². The van der Waals surface area contributed by atoms with Crippen LogP contribution in [0.15, 0.2) is 84.4 Å². The van der Waals surface area contributed by atoms with Gasteiger partial charge in [0.15, 0.2) is 0 Å². The maximum absolute atomic E-state index is 15.1. The molecule has 3 fully saturated rings. The highest BCUT2D eigenvalue weighted by Crippen LogP contribution is 2.65. The number of benzene rings is 3. The van der Waals surface area contributed by atoms with Gasteiger partial charge in [0.05, 0.1) is 28.9 Å². The summed E-state index contributed by atoms with van der Waals surface area (Å²) in [6.45, 7) is 7.48. The predicted molar refractivity (Wildman–Crippen MR) is 174 cm³/mol. The molecule has 236 valence electrons. The van der Waals surface area contributed by atoms with E-state index in [4.69, 9.17) is 11.6 Å². The molecule has 2 heterocycles. The largest absolute Gasteiger partial charge is 0.508 e. The van der Waals surface area contributed by atoms with Crippen molar-refractivity contribution in [1.82, 2.24) is 9.91 Å². The zero-order valence-corrected chi connectivity index (χ0v) is 26.9. The zero-order chi connectivity index (χ0) is 32.7. The van der Waals surface area contributed by atoms with Crippen molar-refractivity contribution in [1.29, 1.82) is 0 Å². The molecule has 2 saturated heterocycles. The number of fused-ring (bicyclic) bond motifs is 4. The van der Waals surface area contributed by atoms with E-state index in [2.05, 4.69) is 5.43 Å². The van der Waals surface area contributed by atoms with Gasteiger partial charge in [0.1, 0.15) is 5.75 Å². The third-order valence-corrected chi connectivity index (χ3v) is 10.6. The molecule has 4 aliphatic rings. The lowest BCUT2D eigenvalue weighted by molar-refractivity contribution is -0.146. The van der Waals surface area contributed by atoms with Crippen molar-refractivity contribution >= 4 is 40.9 Å². The van der Waals surface area contributed by atoms with E-state index in [9.17, 15) is 19.5 Å². The molecule has 3 aromatic carbocycles. The van der Waals surface area contributed by atoms with Crippen LogP contribution in [-0.4, -0.2) is 44.2 Å². The van der Waals surface area contributed by atoms with Gasteiger partial charge >= 0.3 is 0 Å². The van der Waals surface area contributed by atoms with Gasteiger partial charge in [0, 0.05) is 22.0 Å². The van der Waals surface area contributed by atoms with Crippen LogP contribution in [0.2, 0.25) is 5.02 Å². The van der Waals surface area contributed by atoms with Crippen molar-refractivity contribution < 1.29 is 24.3 Å². The van der Waals surface area contributed by atoms with E-state index in [-0.39, 0.29) is 24.0 Å². The number of hydrazine groups is 1. The number of nitrogens with zero attached hydrogens (tertiary/aromatic N) is 2. The Hall–Kier alpha value is -4.43. The van der Waals surface area contributed by atoms with Crippen LogP contribution in [-0.2, 0) is 24.6 Å². The highest BCUT2D eigenvalue weighted by Gasteiger charge is 2.70. The first kappa shape index (κ1) is 30.2. The monoisotopic (exact) mass is 637 g/mol. The van der Waals surface area contributed by atoms with Crippen LogP contribution in [0.3, 0.4) is 0 Å². The second-order valence-electron chi connectivity index (χ2n) is 14.0. The average molecular weight is 638 g/mol. The summed E-state index contributed by atoms with van der Waals surface area (Å²) in [4.78, 5) is 59.0. The third kappa shape index (κ3) is 4.26. The Morgan fingerprint density at radius 3 is 2.26 bits per heavy atom. The van der Waals surface area contributed by atoms with Crippen molar-refractivity contribution in [2.24, 2.45) is 23.7 Å². The summed E-state index contributed by atoms with van der Waals surface area (Å²) < 4.78 is 0. The number of carbonyl (C=O) groups excluding carboxylic acids is 4. The molecule has 0 radical (unpaired) electrons. The van der Waals surface area contributed by atoms with Crippen molar-refractivity contribution in [3.05, 3.63) is 106 Å². The Labute approximate surface area is 273 Å². The van der Waals surface area contributed by atoms with Crippen molar-refractivity contribution in [3.8, 4) is 5.75 Å². The smallest absolute Gasteiger partial charge is 0.260 e. The molecule has 3 aromatic rings. The molecular weight excluding hydrogens is 602 g/mol. The number of aryl methyl sites for hydroxylation is 1. The van der Waals surface area contributed by atoms with Crippen LogP contribution in [0.25, 0.3) is 0 Å². The number of halogens is 1. The van der Waals surface area contributed by atoms with Crippen LogP contribution in [0.5, 0.6) is 5.75 Å². The molecule has 7 rings (SSSR count). The minimum Gasteiger partial charge on any atom is -0.508 e. The number of carbonyl (C=O) groups is 4. The van der Waals surface area contributed by atoms with Crippen LogP contribution < -0.4 is 5.43 Å². The molecule has 9 heteroatoms. The predicted octanol–water partition coefficient (Wildman–Crippen LogP) is 6.14. The number of likely N-dealkylation sites (tertiary alicyclic amines) is 1. The van der Waals surface area contributed by atoms with Gasteiger partial charge in [0.25, 0.3) is 11.8 Å². The first-order chi connectivity index (χ1) is 21.9. The Kier molecular flexibility index (Phi) is 6.94. The van der Waals surface area contributed by atoms with E-state index in [1.54, 1.807) is 12.1 Å². The van der Waals surface area contributed by atoms with Crippen LogP contribution in [0.4, 0.5) is 5.69 Å². The van der Waals surface area contributed by atoms with Crippen molar-refractivity contribution in [2.75, 3.05) is 5.43 Å². The van der Waals surface area contributed by atoms with Crippen LogP contribution >= 0.6 is 11.6 Å². The van der Waals surface area contributed by atoms with E-state index in [1.807, 2.05) is 88.4 Å². The molecule has 46 heavy (non-hydrogen) atoms. The lowest BCUT2D eigenvalue weighted by atomic mass is 9.49. The molecule has 0 aromatic heterocycles. The van der Waals surface area contributed by atoms with Crippen LogP contribution in [0.1, 0.15) is 56.2 Å². The molecular formula is C37H36ClN3O5. The summed E-state index contributed by atoms with van der Waals surface area (Å²) in [5.74, 6) is -4.92. The third-order valence-electron chi connectivity index (χ3n) is 10.4. The fraction of sp³-hybridized carbons (Fsp3) is 0.351. The summed E-state index contributed by atoms with van der Waals surface area (Å²) in [5, 5.41) is 12.9. The van der Waals surface area contributed by atoms with Gasteiger partial charge in [-0.25, -0.2) is 0 Å². The Morgan fingerprint density at radius 1 is 0.891 bits per heavy atom. The normalized spacial score (nSPS) is 29.0. The summed E-state index contributed by atoms with van der Waals surface area (Å²) in [7, 11) is 0. The zero-order valence-electron chi connectivity index (χ0n) is 26.2. The second-order valence-corrected chi connectivity index (χ2v) is 14.4. The Morgan fingerprint density at radius 2 is 1.59 bits per heavy atom. The standard InChI is InChI=1S/C37H36ClN3O5/c1-20-10-13-23(14-11-20)39-41-33(44)28-19-26-24(15-16-25-30(26)34(45)40(32(25)43)36(2,3)4)31(27-18-22(38)12-17-29(27)42)37(28,35(41)46)21-8-6-5-7-9-21/h5-15,17-18,25-26,28,30-31,39,42H,16,19H2,1-4H3. The average Bonchev–Trinajstić information content (AvgIpc) is 3.41. The molecule has 6 unspecified atom stereocenters. The molecule has 6 atom stereocenters. The second kappa shape index (κ2) is 10.6. The molecule has 0 spiro atoms. The highest BCUT2D eigenvalue weighted by molar-refractivity contribution is 6.30. The van der Waals surface area contributed by atoms with E-state index in [0.717, 1.165) is 16.1 Å². The van der Waals surface area contributed by atoms with Gasteiger partial charge in [-0.1, -0.05) is 71.3 Å². The summed E-state index contributed by atoms with van der Waals surface area (Å²) >= 11 is 6.55. The van der Waals surface area contributed by atoms with E-state index < -0.39 is 52.4 Å².